The van der Waals surface area contributed by atoms with Crippen molar-refractivity contribution in [2.45, 2.75) is 0 Å². The summed E-state index contributed by atoms with van der Waals surface area (Å²) < 4.78 is 2.65. The Morgan fingerprint density at radius 3 is 2.14 bits per heavy atom. The molecule has 8 aromatic rings. The predicted molar refractivity (Wildman–Crippen MR) is 158 cm³/mol. The smallest absolute Gasteiger partial charge is 0.0973 e. The largest absolute Gasteiger partial charge is 0.244 e. The number of fused-ring (bicyclic) bond motifs is 8. The van der Waals surface area contributed by atoms with Gasteiger partial charge in [0, 0.05) is 36.7 Å². The van der Waals surface area contributed by atoms with Crippen molar-refractivity contribution in [3.05, 3.63) is 121 Å². The molecule has 0 radical (unpaired) electrons. The number of aromatic nitrogens is 2. The fraction of sp³-hybridized carbons (Fsp3) is 0. The molecule has 0 N–H and O–H groups in total. The molecule has 0 saturated carbocycles. The van der Waals surface area contributed by atoms with Crippen LogP contribution in [0.25, 0.3) is 75.3 Å². The summed E-state index contributed by atoms with van der Waals surface area (Å²) in [5.74, 6) is 0. The van der Waals surface area contributed by atoms with Crippen molar-refractivity contribution < 1.29 is 0 Å². The molecule has 0 bridgehead atoms. The minimum Gasteiger partial charge on any atom is -0.244 e. The van der Waals surface area contributed by atoms with Gasteiger partial charge < -0.3 is 0 Å². The van der Waals surface area contributed by atoms with E-state index in [0.29, 0.717) is 0 Å². The van der Waals surface area contributed by atoms with E-state index >= 15 is 0 Å². The molecule has 0 amide bonds. The molecule has 3 heteroatoms. The maximum atomic E-state index is 5.25. The Kier molecular flexibility index (Phi) is 4.42. The molecule has 0 aliphatic carbocycles. The van der Waals surface area contributed by atoms with Crippen molar-refractivity contribution >= 4 is 64.1 Å². The van der Waals surface area contributed by atoms with Gasteiger partial charge in [0.15, 0.2) is 0 Å². The van der Waals surface area contributed by atoms with Crippen LogP contribution >= 0.6 is 11.3 Å². The molecule has 0 atom stereocenters. The Hall–Kier alpha value is -4.60. The molecule has 0 fully saturated rings. The quantitative estimate of drug-likeness (QED) is 0.226. The van der Waals surface area contributed by atoms with Gasteiger partial charge >= 0.3 is 0 Å². The third-order valence-corrected chi connectivity index (χ3v) is 8.37. The van der Waals surface area contributed by atoms with Gasteiger partial charge in [-0.2, -0.15) is 0 Å². The highest BCUT2D eigenvalue weighted by Gasteiger charge is 2.16. The summed E-state index contributed by atoms with van der Waals surface area (Å²) in [6.45, 7) is 0. The molecular formula is C34H20N2S. The molecule has 6 aromatic carbocycles. The van der Waals surface area contributed by atoms with Gasteiger partial charge in [0.1, 0.15) is 0 Å². The molecule has 0 spiro atoms. The van der Waals surface area contributed by atoms with Crippen LogP contribution in [0.2, 0.25) is 0 Å². The highest BCUT2D eigenvalue weighted by Crippen LogP contribution is 2.40. The molecule has 0 unspecified atom stereocenters. The van der Waals surface area contributed by atoms with E-state index in [-0.39, 0.29) is 0 Å². The molecule has 2 heterocycles. The van der Waals surface area contributed by atoms with Crippen LogP contribution in [0, 0.1) is 0 Å². The normalized spacial score (nSPS) is 11.8. The van der Waals surface area contributed by atoms with Crippen LogP contribution < -0.4 is 0 Å². The lowest BCUT2D eigenvalue weighted by molar-refractivity contribution is 1.30. The van der Waals surface area contributed by atoms with Gasteiger partial charge in [0.25, 0.3) is 0 Å². The van der Waals surface area contributed by atoms with Gasteiger partial charge in [-0.05, 0) is 40.4 Å². The maximum Gasteiger partial charge on any atom is 0.0973 e. The Bertz CT molecular complexity index is 2140. The second kappa shape index (κ2) is 7.95. The summed E-state index contributed by atoms with van der Waals surface area (Å²) >= 11 is 1.86. The summed E-state index contributed by atoms with van der Waals surface area (Å²) in [7, 11) is 0. The Morgan fingerprint density at radius 1 is 0.459 bits per heavy atom. The van der Waals surface area contributed by atoms with Crippen LogP contribution in [0.1, 0.15) is 0 Å². The van der Waals surface area contributed by atoms with Gasteiger partial charge in [0.2, 0.25) is 0 Å². The Labute approximate surface area is 217 Å². The average Bonchev–Trinajstić information content (AvgIpc) is 3.36. The van der Waals surface area contributed by atoms with Crippen molar-refractivity contribution in [1.29, 1.82) is 0 Å². The Balaban J connectivity index is 1.42. The van der Waals surface area contributed by atoms with Crippen LogP contribution in [0.5, 0.6) is 0 Å². The lowest BCUT2D eigenvalue weighted by Crippen LogP contribution is -1.96. The van der Waals surface area contributed by atoms with E-state index in [4.69, 9.17) is 9.97 Å². The number of thiophene rings is 1. The zero-order valence-corrected chi connectivity index (χ0v) is 20.7. The molecule has 37 heavy (non-hydrogen) atoms. The molecule has 0 saturated heterocycles. The highest BCUT2D eigenvalue weighted by atomic mass is 32.1. The van der Waals surface area contributed by atoms with Gasteiger partial charge in [-0.1, -0.05) is 97.1 Å². The van der Waals surface area contributed by atoms with Crippen LogP contribution in [0.4, 0.5) is 0 Å². The number of rotatable bonds is 2. The van der Waals surface area contributed by atoms with E-state index in [9.17, 15) is 0 Å². The first-order chi connectivity index (χ1) is 18.3. The molecule has 2 aromatic heterocycles. The SMILES string of the molecule is c1ccc(-c2nc3c(ccc4ccccc43)nc2-c2ccc3c(ccc4sc5ccccc5c43)c2)cc1. The molecule has 0 aliphatic heterocycles. The maximum absolute atomic E-state index is 5.25. The monoisotopic (exact) mass is 488 g/mol. The first kappa shape index (κ1) is 20.6. The van der Waals surface area contributed by atoms with E-state index in [2.05, 4.69) is 115 Å². The van der Waals surface area contributed by atoms with Crippen molar-refractivity contribution in [2.24, 2.45) is 0 Å². The van der Waals surface area contributed by atoms with E-state index in [0.717, 1.165) is 38.9 Å². The first-order valence-electron chi connectivity index (χ1n) is 12.4. The second-order valence-electron chi connectivity index (χ2n) is 9.41. The highest BCUT2D eigenvalue weighted by molar-refractivity contribution is 7.26. The van der Waals surface area contributed by atoms with Crippen molar-refractivity contribution in [3.8, 4) is 22.5 Å². The van der Waals surface area contributed by atoms with Crippen LogP contribution in [-0.2, 0) is 0 Å². The lowest BCUT2D eigenvalue weighted by atomic mass is 9.98. The number of nitrogens with zero attached hydrogens (tertiary/aromatic N) is 2. The molecule has 2 nitrogen and oxygen atoms in total. The van der Waals surface area contributed by atoms with Gasteiger partial charge in [0.05, 0.1) is 22.4 Å². The number of benzene rings is 6. The minimum atomic E-state index is 0.908. The summed E-state index contributed by atoms with van der Waals surface area (Å²) in [5.41, 5.74) is 5.81. The molecule has 172 valence electrons. The van der Waals surface area contributed by atoms with Crippen molar-refractivity contribution in [2.75, 3.05) is 0 Å². The molecular weight excluding hydrogens is 468 g/mol. The summed E-state index contributed by atoms with van der Waals surface area (Å²) in [5, 5.41) is 7.45. The van der Waals surface area contributed by atoms with E-state index < -0.39 is 0 Å². The van der Waals surface area contributed by atoms with E-state index in [1.807, 2.05) is 17.4 Å². The van der Waals surface area contributed by atoms with Crippen LogP contribution in [0.3, 0.4) is 0 Å². The third kappa shape index (κ3) is 3.18. The third-order valence-electron chi connectivity index (χ3n) is 7.24. The number of hydrogen-bond donors (Lipinski definition) is 0. The predicted octanol–water partition coefficient (Wildman–Crippen LogP) is 9.64. The van der Waals surface area contributed by atoms with Gasteiger partial charge in [-0.25, -0.2) is 9.97 Å². The van der Waals surface area contributed by atoms with Crippen LogP contribution in [0.15, 0.2) is 121 Å². The minimum absolute atomic E-state index is 0.908. The van der Waals surface area contributed by atoms with Crippen molar-refractivity contribution in [1.82, 2.24) is 9.97 Å². The summed E-state index contributed by atoms with van der Waals surface area (Å²) in [6, 6.07) is 42.9. The fourth-order valence-corrected chi connectivity index (χ4v) is 6.61. The number of hydrogen-bond acceptors (Lipinski definition) is 3. The summed E-state index contributed by atoms with van der Waals surface area (Å²) in [4.78, 5) is 10.5. The van der Waals surface area contributed by atoms with Gasteiger partial charge in [-0.15, -0.1) is 11.3 Å². The fourth-order valence-electron chi connectivity index (χ4n) is 5.49. The second-order valence-corrected chi connectivity index (χ2v) is 10.5. The Morgan fingerprint density at radius 2 is 1.22 bits per heavy atom. The topological polar surface area (TPSA) is 25.8 Å². The standard InChI is InChI=1S/C34H20N2S/c1-2-9-22(10-3-1)32-33(35-28-18-15-21-8-4-5-11-26(21)34(28)36-32)24-14-17-25-23(20-24)16-19-30-31(25)27-12-6-7-13-29(27)37-30/h1-20H. The zero-order valence-electron chi connectivity index (χ0n) is 19.8. The van der Waals surface area contributed by atoms with Crippen molar-refractivity contribution in [3.63, 3.8) is 0 Å². The van der Waals surface area contributed by atoms with Crippen LogP contribution in [-0.4, -0.2) is 9.97 Å². The first-order valence-corrected chi connectivity index (χ1v) is 13.2. The molecule has 8 rings (SSSR count). The van der Waals surface area contributed by atoms with E-state index in [1.54, 1.807) is 0 Å². The van der Waals surface area contributed by atoms with Gasteiger partial charge in [-0.3, -0.25) is 0 Å². The summed E-state index contributed by atoms with van der Waals surface area (Å²) in [6.07, 6.45) is 0. The molecule has 0 aliphatic rings. The zero-order chi connectivity index (χ0) is 24.3. The lowest BCUT2D eigenvalue weighted by Gasteiger charge is -2.13. The average molecular weight is 489 g/mol. The van der Waals surface area contributed by atoms with E-state index in [1.165, 1.54) is 36.3 Å².